The van der Waals surface area contributed by atoms with Gasteiger partial charge in [-0.05, 0) is 55.7 Å². The fraction of sp³-hybridized carbons (Fsp3) is 0.250. The van der Waals surface area contributed by atoms with Gasteiger partial charge in [0.25, 0.3) is 0 Å². The number of anilines is 1. The van der Waals surface area contributed by atoms with Gasteiger partial charge in [0.05, 0.1) is 0 Å². The second kappa shape index (κ2) is 5.57. The smallest absolute Gasteiger partial charge is 0.0403 e. The van der Waals surface area contributed by atoms with Crippen LogP contribution in [0.1, 0.15) is 22.3 Å². The van der Waals surface area contributed by atoms with Crippen molar-refractivity contribution >= 4 is 21.6 Å². The molecule has 2 aromatic carbocycles. The van der Waals surface area contributed by atoms with Crippen molar-refractivity contribution in [3.8, 4) is 0 Å². The number of rotatable bonds is 3. The molecule has 2 heteroatoms. The first-order chi connectivity index (χ1) is 8.56. The van der Waals surface area contributed by atoms with E-state index in [1.165, 1.54) is 27.9 Å². The molecule has 0 aliphatic rings. The SMILES string of the molecule is Cc1ccc(C)c(CNc2ccc(Br)cc2C)c1. The summed E-state index contributed by atoms with van der Waals surface area (Å²) >= 11 is 3.49. The minimum atomic E-state index is 0.871. The van der Waals surface area contributed by atoms with E-state index in [1.807, 2.05) is 0 Å². The van der Waals surface area contributed by atoms with Gasteiger partial charge in [-0.3, -0.25) is 0 Å². The van der Waals surface area contributed by atoms with Crippen LogP contribution in [0.5, 0.6) is 0 Å². The third-order valence-electron chi connectivity index (χ3n) is 3.16. The average molecular weight is 304 g/mol. The highest BCUT2D eigenvalue weighted by atomic mass is 79.9. The van der Waals surface area contributed by atoms with E-state index in [-0.39, 0.29) is 0 Å². The summed E-state index contributed by atoms with van der Waals surface area (Å²) < 4.78 is 1.12. The summed E-state index contributed by atoms with van der Waals surface area (Å²) in [6, 6.07) is 12.9. The summed E-state index contributed by atoms with van der Waals surface area (Å²) in [6.45, 7) is 7.28. The van der Waals surface area contributed by atoms with Crippen LogP contribution in [0, 0.1) is 20.8 Å². The predicted octanol–water partition coefficient (Wildman–Crippen LogP) is 4.99. The maximum atomic E-state index is 3.50. The number of nitrogens with one attached hydrogen (secondary N) is 1. The molecule has 0 atom stereocenters. The van der Waals surface area contributed by atoms with E-state index >= 15 is 0 Å². The Morgan fingerprint density at radius 2 is 1.72 bits per heavy atom. The number of aryl methyl sites for hydroxylation is 3. The lowest BCUT2D eigenvalue weighted by molar-refractivity contribution is 1.10. The Bertz CT molecular complexity index is 561. The third-order valence-corrected chi connectivity index (χ3v) is 3.66. The first kappa shape index (κ1) is 13.2. The maximum Gasteiger partial charge on any atom is 0.0403 e. The van der Waals surface area contributed by atoms with E-state index < -0.39 is 0 Å². The zero-order chi connectivity index (χ0) is 13.1. The molecular formula is C16H18BrN. The molecule has 94 valence electrons. The number of hydrogen-bond acceptors (Lipinski definition) is 1. The number of benzene rings is 2. The van der Waals surface area contributed by atoms with Gasteiger partial charge in [-0.15, -0.1) is 0 Å². The average Bonchev–Trinajstić information content (AvgIpc) is 2.32. The lowest BCUT2D eigenvalue weighted by Gasteiger charge is -2.12. The van der Waals surface area contributed by atoms with Crippen LogP contribution >= 0.6 is 15.9 Å². The maximum absolute atomic E-state index is 3.50. The van der Waals surface area contributed by atoms with Gasteiger partial charge < -0.3 is 5.32 Å². The second-order valence-electron chi connectivity index (χ2n) is 4.74. The highest BCUT2D eigenvalue weighted by molar-refractivity contribution is 9.10. The summed E-state index contributed by atoms with van der Waals surface area (Å²) in [5.41, 5.74) is 6.46. The second-order valence-corrected chi connectivity index (χ2v) is 5.66. The number of halogens is 1. The zero-order valence-electron chi connectivity index (χ0n) is 11.0. The third kappa shape index (κ3) is 3.14. The lowest BCUT2D eigenvalue weighted by atomic mass is 10.1. The van der Waals surface area contributed by atoms with Crippen molar-refractivity contribution in [1.82, 2.24) is 0 Å². The van der Waals surface area contributed by atoms with Gasteiger partial charge in [0, 0.05) is 16.7 Å². The summed E-state index contributed by atoms with van der Waals surface area (Å²) in [5.74, 6) is 0. The Hall–Kier alpha value is -1.28. The fourth-order valence-corrected chi connectivity index (χ4v) is 2.48. The van der Waals surface area contributed by atoms with Crippen molar-refractivity contribution in [2.24, 2.45) is 0 Å². The Morgan fingerprint density at radius 3 is 2.44 bits per heavy atom. The van der Waals surface area contributed by atoms with E-state index in [9.17, 15) is 0 Å². The van der Waals surface area contributed by atoms with Crippen LogP contribution in [0.25, 0.3) is 0 Å². The number of hydrogen-bond donors (Lipinski definition) is 1. The molecule has 18 heavy (non-hydrogen) atoms. The minimum absolute atomic E-state index is 0.871. The normalized spacial score (nSPS) is 10.4. The van der Waals surface area contributed by atoms with Gasteiger partial charge in [-0.1, -0.05) is 39.7 Å². The minimum Gasteiger partial charge on any atom is -0.381 e. The first-order valence-electron chi connectivity index (χ1n) is 6.12. The monoisotopic (exact) mass is 303 g/mol. The van der Waals surface area contributed by atoms with Crippen LogP contribution in [0.4, 0.5) is 5.69 Å². The highest BCUT2D eigenvalue weighted by Gasteiger charge is 2.01. The van der Waals surface area contributed by atoms with Gasteiger partial charge in [0.2, 0.25) is 0 Å². The van der Waals surface area contributed by atoms with E-state index in [2.05, 4.69) is 78.4 Å². The van der Waals surface area contributed by atoms with Crippen LogP contribution < -0.4 is 5.32 Å². The zero-order valence-corrected chi connectivity index (χ0v) is 12.6. The Labute approximate surface area is 117 Å². The van der Waals surface area contributed by atoms with Crippen LogP contribution in [0.2, 0.25) is 0 Å². The van der Waals surface area contributed by atoms with Crippen molar-refractivity contribution in [3.63, 3.8) is 0 Å². The molecule has 0 saturated heterocycles. The van der Waals surface area contributed by atoms with Crippen LogP contribution in [-0.2, 0) is 6.54 Å². The lowest BCUT2D eigenvalue weighted by Crippen LogP contribution is -2.03. The Morgan fingerprint density at radius 1 is 0.944 bits per heavy atom. The standard InChI is InChI=1S/C16H18BrN/c1-11-4-5-12(2)14(8-11)10-18-16-7-6-15(17)9-13(16)3/h4-9,18H,10H2,1-3H3. The summed E-state index contributed by atoms with van der Waals surface area (Å²) in [4.78, 5) is 0. The van der Waals surface area contributed by atoms with E-state index in [0.717, 1.165) is 11.0 Å². The fourth-order valence-electron chi connectivity index (χ4n) is 2.01. The van der Waals surface area contributed by atoms with Crippen molar-refractivity contribution in [3.05, 3.63) is 63.1 Å². The van der Waals surface area contributed by atoms with Gasteiger partial charge in [0.15, 0.2) is 0 Å². The van der Waals surface area contributed by atoms with Crippen molar-refractivity contribution in [2.75, 3.05) is 5.32 Å². The van der Waals surface area contributed by atoms with Crippen LogP contribution in [0.3, 0.4) is 0 Å². The molecule has 2 aromatic rings. The molecule has 0 unspecified atom stereocenters. The van der Waals surface area contributed by atoms with Crippen molar-refractivity contribution in [1.29, 1.82) is 0 Å². The molecule has 0 heterocycles. The van der Waals surface area contributed by atoms with E-state index in [0.29, 0.717) is 0 Å². The summed E-state index contributed by atoms with van der Waals surface area (Å²) in [6.07, 6.45) is 0. The van der Waals surface area contributed by atoms with Crippen LogP contribution in [0.15, 0.2) is 40.9 Å². The van der Waals surface area contributed by atoms with Crippen molar-refractivity contribution < 1.29 is 0 Å². The van der Waals surface area contributed by atoms with Crippen molar-refractivity contribution in [2.45, 2.75) is 27.3 Å². The van der Waals surface area contributed by atoms with E-state index in [4.69, 9.17) is 0 Å². The summed E-state index contributed by atoms with van der Waals surface area (Å²) in [7, 11) is 0. The molecule has 0 amide bonds. The molecule has 0 bridgehead atoms. The first-order valence-corrected chi connectivity index (χ1v) is 6.92. The van der Waals surface area contributed by atoms with Crippen LogP contribution in [-0.4, -0.2) is 0 Å². The molecule has 1 N–H and O–H groups in total. The molecule has 0 radical (unpaired) electrons. The molecule has 0 fully saturated rings. The molecular weight excluding hydrogens is 286 g/mol. The van der Waals surface area contributed by atoms with Gasteiger partial charge in [-0.2, -0.15) is 0 Å². The molecule has 0 aliphatic carbocycles. The quantitative estimate of drug-likeness (QED) is 0.842. The van der Waals surface area contributed by atoms with E-state index in [1.54, 1.807) is 0 Å². The molecule has 0 saturated carbocycles. The molecule has 0 aliphatic heterocycles. The van der Waals surface area contributed by atoms with Gasteiger partial charge >= 0.3 is 0 Å². The molecule has 1 nitrogen and oxygen atoms in total. The molecule has 0 spiro atoms. The molecule has 0 aromatic heterocycles. The van der Waals surface area contributed by atoms with Gasteiger partial charge in [0.1, 0.15) is 0 Å². The Kier molecular flexibility index (Phi) is 4.07. The topological polar surface area (TPSA) is 12.0 Å². The summed E-state index contributed by atoms with van der Waals surface area (Å²) in [5, 5.41) is 3.50. The largest absolute Gasteiger partial charge is 0.381 e. The highest BCUT2D eigenvalue weighted by Crippen LogP contribution is 2.21. The molecule has 2 rings (SSSR count). The predicted molar refractivity (Wildman–Crippen MR) is 82.1 cm³/mol. The van der Waals surface area contributed by atoms with Gasteiger partial charge in [-0.25, -0.2) is 0 Å². The Balaban J connectivity index is 2.13.